The summed E-state index contributed by atoms with van der Waals surface area (Å²) in [6.45, 7) is 3.89. The molecule has 0 radical (unpaired) electrons. The summed E-state index contributed by atoms with van der Waals surface area (Å²) in [4.78, 5) is 22.5. The smallest absolute Gasteiger partial charge is 0.248 e. The number of imidazole rings is 1. The molecule has 178 valence electrons. The van der Waals surface area contributed by atoms with Gasteiger partial charge in [-0.25, -0.2) is 4.98 Å². The van der Waals surface area contributed by atoms with Crippen LogP contribution in [0.4, 0.5) is 0 Å². The van der Waals surface area contributed by atoms with Crippen molar-refractivity contribution >= 4 is 32.4 Å². The maximum atomic E-state index is 12.2. The Bertz CT molecular complexity index is 1310. The van der Waals surface area contributed by atoms with E-state index in [2.05, 4.69) is 33.6 Å². The molecule has 3 heterocycles. The summed E-state index contributed by atoms with van der Waals surface area (Å²) in [5.41, 5.74) is 4.30. The number of fused-ring (bicyclic) bond motifs is 3. The lowest BCUT2D eigenvalue weighted by Crippen LogP contribution is -2.49. The van der Waals surface area contributed by atoms with Crippen LogP contribution in [0, 0.1) is 0 Å². The molecular weight excluding hydrogens is 452 g/mol. The fourth-order valence-electron chi connectivity index (χ4n) is 4.44. The number of carbonyl (C=O) groups is 1. The van der Waals surface area contributed by atoms with Gasteiger partial charge >= 0.3 is 0 Å². The van der Waals surface area contributed by atoms with Gasteiger partial charge in [-0.15, -0.1) is 0 Å². The summed E-state index contributed by atoms with van der Waals surface area (Å²) in [7, 11) is 4.91. The number of piperazine rings is 1. The van der Waals surface area contributed by atoms with Gasteiger partial charge in [-0.05, 0) is 42.5 Å². The third-order valence-electron chi connectivity index (χ3n) is 6.28. The zero-order chi connectivity index (χ0) is 23.7. The van der Waals surface area contributed by atoms with Crippen LogP contribution in [-0.2, 0) is 16.1 Å². The van der Waals surface area contributed by atoms with E-state index >= 15 is 0 Å². The Balaban J connectivity index is 1.51. The molecule has 1 fully saturated rings. The van der Waals surface area contributed by atoms with Crippen LogP contribution in [0.5, 0.6) is 11.5 Å². The van der Waals surface area contributed by atoms with Gasteiger partial charge in [0.15, 0.2) is 4.96 Å². The monoisotopic (exact) mass is 480 g/mol. The molecule has 0 atom stereocenters. The molecule has 0 N–H and O–H groups in total. The number of benzene rings is 2. The number of hydrogen-bond acceptors (Lipinski definition) is 7. The van der Waals surface area contributed by atoms with Gasteiger partial charge < -0.3 is 19.1 Å². The summed E-state index contributed by atoms with van der Waals surface area (Å²) in [5, 5.41) is 0. The molecule has 0 unspecified atom stereocenters. The molecule has 2 aromatic heterocycles. The predicted octanol–water partition coefficient (Wildman–Crippen LogP) is 3.52. The van der Waals surface area contributed by atoms with E-state index in [1.54, 1.807) is 32.7 Å². The van der Waals surface area contributed by atoms with E-state index < -0.39 is 0 Å². The van der Waals surface area contributed by atoms with Crippen molar-refractivity contribution < 1.29 is 19.0 Å². The van der Waals surface area contributed by atoms with Gasteiger partial charge in [-0.1, -0.05) is 11.3 Å². The van der Waals surface area contributed by atoms with Crippen LogP contribution >= 0.6 is 11.3 Å². The minimum absolute atomic E-state index is 0.0468. The molecule has 1 aliphatic rings. The maximum absolute atomic E-state index is 12.2. The Kier molecular flexibility index (Phi) is 6.40. The Labute approximate surface area is 202 Å². The molecule has 4 aromatic rings. The van der Waals surface area contributed by atoms with Crippen molar-refractivity contribution in [2.45, 2.75) is 6.54 Å². The normalized spacial score (nSPS) is 14.7. The van der Waals surface area contributed by atoms with Gasteiger partial charge in [0.25, 0.3) is 0 Å². The highest BCUT2D eigenvalue weighted by molar-refractivity contribution is 7.23. The van der Waals surface area contributed by atoms with E-state index in [0.717, 1.165) is 63.3 Å². The number of nitrogens with zero attached hydrogens (tertiary/aromatic N) is 4. The third kappa shape index (κ3) is 4.22. The molecule has 1 amide bonds. The highest BCUT2D eigenvalue weighted by atomic mass is 32.1. The third-order valence-corrected chi connectivity index (χ3v) is 7.28. The van der Waals surface area contributed by atoms with Gasteiger partial charge in [0.1, 0.15) is 18.1 Å². The fourth-order valence-corrected chi connectivity index (χ4v) is 5.51. The number of methoxy groups -OCH3 is 3. The van der Waals surface area contributed by atoms with E-state index in [0.29, 0.717) is 13.1 Å². The van der Waals surface area contributed by atoms with Crippen molar-refractivity contribution in [2.75, 3.05) is 54.1 Å². The second-order valence-corrected chi connectivity index (χ2v) is 9.29. The topological polar surface area (TPSA) is 68.5 Å². The second kappa shape index (κ2) is 9.61. The van der Waals surface area contributed by atoms with E-state index in [1.807, 2.05) is 23.1 Å². The predicted molar refractivity (Wildman–Crippen MR) is 133 cm³/mol. The molecule has 5 rings (SSSR count). The first-order valence-electron chi connectivity index (χ1n) is 11.2. The molecule has 0 saturated carbocycles. The Morgan fingerprint density at radius 2 is 1.68 bits per heavy atom. The summed E-state index contributed by atoms with van der Waals surface area (Å²) >= 11 is 1.66. The van der Waals surface area contributed by atoms with Crippen LogP contribution in [0.15, 0.2) is 42.5 Å². The fraction of sp³-hybridized carbons (Fsp3) is 0.360. The number of amides is 1. The molecule has 8 nitrogen and oxygen atoms in total. The number of carbonyl (C=O) groups excluding carboxylic acids is 1. The lowest BCUT2D eigenvalue weighted by atomic mass is 10.1. The number of ether oxygens (including phenoxy) is 3. The van der Waals surface area contributed by atoms with E-state index in [-0.39, 0.29) is 12.5 Å². The minimum atomic E-state index is 0.0468. The van der Waals surface area contributed by atoms with Crippen molar-refractivity contribution in [3.63, 3.8) is 0 Å². The van der Waals surface area contributed by atoms with Crippen molar-refractivity contribution in [1.29, 1.82) is 0 Å². The average Bonchev–Trinajstić information content (AvgIpc) is 3.40. The van der Waals surface area contributed by atoms with E-state index in [4.69, 9.17) is 19.2 Å². The molecule has 1 aliphatic heterocycles. The van der Waals surface area contributed by atoms with E-state index in [1.165, 1.54) is 0 Å². The van der Waals surface area contributed by atoms with Gasteiger partial charge in [0.2, 0.25) is 5.91 Å². The number of aromatic nitrogens is 2. The van der Waals surface area contributed by atoms with Crippen LogP contribution in [-0.4, -0.2) is 79.2 Å². The summed E-state index contributed by atoms with van der Waals surface area (Å²) < 4.78 is 19.2. The second-order valence-electron chi connectivity index (χ2n) is 8.28. The lowest BCUT2D eigenvalue weighted by Gasteiger charge is -2.34. The Hall–Kier alpha value is -3.14. The number of thiazole rings is 1. The average molecular weight is 481 g/mol. The number of hydrogen-bond donors (Lipinski definition) is 0. The van der Waals surface area contributed by atoms with Gasteiger partial charge in [0, 0.05) is 45.4 Å². The molecule has 34 heavy (non-hydrogen) atoms. The maximum Gasteiger partial charge on any atom is 0.248 e. The Morgan fingerprint density at radius 1 is 0.971 bits per heavy atom. The molecule has 0 bridgehead atoms. The molecule has 1 saturated heterocycles. The van der Waals surface area contributed by atoms with Crippen LogP contribution in [0.3, 0.4) is 0 Å². The van der Waals surface area contributed by atoms with Gasteiger partial charge in [-0.3, -0.25) is 14.1 Å². The largest absolute Gasteiger partial charge is 0.497 e. The van der Waals surface area contributed by atoms with Gasteiger partial charge in [0.05, 0.1) is 35.8 Å². The molecule has 0 aliphatic carbocycles. The van der Waals surface area contributed by atoms with Crippen molar-refractivity contribution in [1.82, 2.24) is 19.2 Å². The molecule has 0 spiro atoms. The van der Waals surface area contributed by atoms with Crippen LogP contribution in [0.25, 0.3) is 26.4 Å². The van der Waals surface area contributed by atoms with Crippen molar-refractivity contribution in [3.05, 3.63) is 48.2 Å². The minimum Gasteiger partial charge on any atom is -0.497 e. The zero-order valence-electron chi connectivity index (χ0n) is 19.6. The van der Waals surface area contributed by atoms with E-state index in [9.17, 15) is 4.79 Å². The van der Waals surface area contributed by atoms with Crippen molar-refractivity contribution in [2.24, 2.45) is 0 Å². The highest BCUT2D eigenvalue weighted by Crippen LogP contribution is 2.35. The first-order chi connectivity index (χ1) is 16.6. The van der Waals surface area contributed by atoms with Crippen molar-refractivity contribution in [3.8, 4) is 22.8 Å². The quantitative estimate of drug-likeness (QED) is 0.403. The lowest BCUT2D eigenvalue weighted by molar-refractivity contribution is -0.136. The SMILES string of the molecule is COCC(=O)N1CCN(Cc2c(-c3ccc(OC)cc3)nc3sc4cc(OC)ccc4n23)CC1. The molecular formula is C25H28N4O4S. The standard InChI is InChI=1S/C25H28N4O4S/c1-31-16-23(30)28-12-10-27(11-13-28)15-21-24(17-4-6-18(32-2)7-5-17)26-25-29(21)20-9-8-19(33-3)14-22(20)34-25/h4-9,14H,10-13,15-16H2,1-3H3. The first-order valence-corrected chi connectivity index (χ1v) is 12.0. The van der Waals surface area contributed by atoms with Crippen LogP contribution in [0.1, 0.15) is 5.69 Å². The summed E-state index contributed by atoms with van der Waals surface area (Å²) in [6, 6.07) is 14.2. The summed E-state index contributed by atoms with van der Waals surface area (Å²) in [5.74, 6) is 1.71. The highest BCUT2D eigenvalue weighted by Gasteiger charge is 2.25. The zero-order valence-corrected chi connectivity index (χ0v) is 20.4. The molecule has 9 heteroatoms. The number of rotatable bonds is 7. The van der Waals surface area contributed by atoms with Gasteiger partial charge in [-0.2, -0.15) is 0 Å². The van der Waals surface area contributed by atoms with Crippen LogP contribution in [0.2, 0.25) is 0 Å². The van der Waals surface area contributed by atoms with Crippen LogP contribution < -0.4 is 9.47 Å². The first kappa shape index (κ1) is 22.6. The Morgan fingerprint density at radius 3 is 2.35 bits per heavy atom. The molecule has 2 aromatic carbocycles. The summed E-state index contributed by atoms with van der Waals surface area (Å²) in [6.07, 6.45) is 0.